The van der Waals surface area contributed by atoms with E-state index in [1.807, 2.05) is 0 Å². The number of halogens is 3. The van der Waals surface area contributed by atoms with Gasteiger partial charge in [-0.1, -0.05) is 17.7 Å². The highest BCUT2D eigenvalue weighted by atomic mass is 35.5. The van der Waals surface area contributed by atoms with E-state index in [2.05, 4.69) is 10.2 Å². The fourth-order valence-electron chi connectivity index (χ4n) is 3.34. The number of aryl methyl sites for hydroxylation is 1. The Balaban J connectivity index is 0.00000261. The summed E-state index contributed by atoms with van der Waals surface area (Å²) in [6.07, 6.45) is 2.54. The van der Waals surface area contributed by atoms with Gasteiger partial charge in [-0.2, -0.15) is 0 Å². The van der Waals surface area contributed by atoms with Crippen LogP contribution in [0.2, 0.25) is 5.02 Å². The van der Waals surface area contributed by atoms with E-state index in [0.29, 0.717) is 23.7 Å². The van der Waals surface area contributed by atoms with Crippen molar-refractivity contribution < 1.29 is 4.39 Å². The van der Waals surface area contributed by atoms with Gasteiger partial charge >= 0.3 is 5.69 Å². The van der Waals surface area contributed by atoms with Crippen LogP contribution in [0.15, 0.2) is 34.0 Å². The molecule has 0 aliphatic carbocycles. The number of benzene rings is 1. The van der Waals surface area contributed by atoms with Gasteiger partial charge in [0.15, 0.2) is 0 Å². The smallest absolute Gasteiger partial charge is 0.315 e. The van der Waals surface area contributed by atoms with E-state index in [-0.39, 0.29) is 35.5 Å². The molecule has 0 spiro atoms. The molecule has 0 saturated carbocycles. The molecule has 27 heavy (non-hydrogen) atoms. The third-order valence-corrected chi connectivity index (χ3v) is 5.18. The minimum Gasteiger partial charge on any atom is -0.315 e. The Labute approximate surface area is 168 Å². The summed E-state index contributed by atoms with van der Waals surface area (Å²) in [6.45, 7) is 2.60. The molecule has 2 heterocycles. The van der Waals surface area contributed by atoms with Gasteiger partial charge in [0.25, 0.3) is 5.56 Å². The van der Waals surface area contributed by atoms with Gasteiger partial charge in [-0.15, -0.1) is 12.4 Å². The SMILES string of the molecule is Cl.Cn1cc(CN(Cc2ccc(F)cc2Cl)C2CCNC2)c(=O)n(C)c1=O. The zero-order valence-electron chi connectivity index (χ0n) is 15.2. The highest BCUT2D eigenvalue weighted by Gasteiger charge is 2.24. The van der Waals surface area contributed by atoms with Crippen LogP contribution in [0.5, 0.6) is 0 Å². The molecule has 0 radical (unpaired) electrons. The first kappa shape index (κ1) is 21.6. The summed E-state index contributed by atoms with van der Waals surface area (Å²) >= 11 is 6.19. The Morgan fingerprint density at radius 2 is 1.96 bits per heavy atom. The minimum atomic E-state index is -0.375. The van der Waals surface area contributed by atoms with Crippen molar-refractivity contribution >= 4 is 24.0 Å². The van der Waals surface area contributed by atoms with Crippen molar-refractivity contribution in [3.63, 3.8) is 0 Å². The van der Waals surface area contributed by atoms with Crippen molar-refractivity contribution in [3.05, 3.63) is 67.2 Å². The molecule has 1 aliphatic rings. The van der Waals surface area contributed by atoms with E-state index < -0.39 is 0 Å². The van der Waals surface area contributed by atoms with Crippen molar-refractivity contribution in [3.8, 4) is 0 Å². The Hall–Kier alpha value is -1.67. The van der Waals surface area contributed by atoms with E-state index in [1.165, 1.54) is 23.7 Å². The third kappa shape index (κ3) is 4.79. The lowest BCUT2D eigenvalue weighted by atomic mass is 10.1. The monoisotopic (exact) mass is 416 g/mol. The lowest BCUT2D eigenvalue weighted by Gasteiger charge is -2.28. The second-order valence-electron chi connectivity index (χ2n) is 6.70. The molecule has 1 unspecified atom stereocenters. The van der Waals surface area contributed by atoms with Crippen molar-refractivity contribution in [2.75, 3.05) is 13.1 Å². The maximum atomic E-state index is 13.3. The molecule has 1 aromatic heterocycles. The number of nitrogens with one attached hydrogen (secondary N) is 1. The van der Waals surface area contributed by atoms with Gasteiger partial charge in [0.2, 0.25) is 0 Å². The van der Waals surface area contributed by atoms with Gasteiger partial charge in [-0.25, -0.2) is 9.18 Å². The van der Waals surface area contributed by atoms with Crippen LogP contribution in [0.25, 0.3) is 0 Å². The molecule has 148 valence electrons. The maximum absolute atomic E-state index is 13.3. The van der Waals surface area contributed by atoms with E-state index in [9.17, 15) is 14.0 Å². The second kappa shape index (κ2) is 9.01. The Morgan fingerprint density at radius 3 is 2.59 bits per heavy atom. The number of nitrogens with zero attached hydrogens (tertiary/aromatic N) is 3. The Morgan fingerprint density at radius 1 is 1.26 bits per heavy atom. The predicted molar refractivity (Wildman–Crippen MR) is 106 cm³/mol. The maximum Gasteiger partial charge on any atom is 0.330 e. The van der Waals surface area contributed by atoms with E-state index in [4.69, 9.17) is 11.6 Å². The molecule has 1 fully saturated rings. The van der Waals surface area contributed by atoms with Crippen molar-refractivity contribution in [2.45, 2.75) is 25.6 Å². The summed E-state index contributed by atoms with van der Waals surface area (Å²) in [5.41, 5.74) is 0.699. The molecular formula is C18H23Cl2FN4O2. The van der Waals surface area contributed by atoms with Crippen LogP contribution in [-0.2, 0) is 27.2 Å². The summed E-state index contributed by atoms with van der Waals surface area (Å²) in [5, 5.41) is 3.69. The lowest BCUT2D eigenvalue weighted by molar-refractivity contribution is 0.188. The fourth-order valence-corrected chi connectivity index (χ4v) is 3.57. The molecule has 1 atom stereocenters. The molecule has 1 saturated heterocycles. The molecule has 2 aromatic rings. The van der Waals surface area contributed by atoms with Crippen molar-refractivity contribution in [1.29, 1.82) is 0 Å². The zero-order valence-corrected chi connectivity index (χ0v) is 16.8. The molecule has 1 aromatic carbocycles. The second-order valence-corrected chi connectivity index (χ2v) is 7.11. The summed E-state index contributed by atoms with van der Waals surface area (Å²) in [6, 6.07) is 4.59. The van der Waals surface area contributed by atoms with Gasteiger partial charge in [-0.05, 0) is 30.7 Å². The molecular weight excluding hydrogens is 394 g/mol. The van der Waals surface area contributed by atoms with Gasteiger partial charge in [0, 0.05) is 56.6 Å². The fraction of sp³-hybridized carbons (Fsp3) is 0.444. The zero-order chi connectivity index (χ0) is 18.8. The average molecular weight is 417 g/mol. The summed E-state index contributed by atoms with van der Waals surface area (Å²) in [7, 11) is 3.11. The summed E-state index contributed by atoms with van der Waals surface area (Å²) in [4.78, 5) is 26.5. The van der Waals surface area contributed by atoms with Gasteiger partial charge in [0.1, 0.15) is 5.82 Å². The number of hydrogen-bond acceptors (Lipinski definition) is 4. The van der Waals surface area contributed by atoms with Crippen LogP contribution >= 0.6 is 24.0 Å². The quantitative estimate of drug-likeness (QED) is 0.804. The topological polar surface area (TPSA) is 59.3 Å². The first-order valence-corrected chi connectivity index (χ1v) is 8.89. The first-order valence-electron chi connectivity index (χ1n) is 8.51. The number of hydrogen-bond donors (Lipinski definition) is 1. The predicted octanol–water partition coefficient (Wildman–Crippen LogP) is 1.66. The Bertz CT molecular complexity index is 923. The van der Waals surface area contributed by atoms with E-state index in [0.717, 1.165) is 29.6 Å². The highest BCUT2D eigenvalue weighted by Crippen LogP contribution is 2.22. The average Bonchev–Trinajstić information content (AvgIpc) is 3.13. The molecule has 0 amide bonds. The van der Waals surface area contributed by atoms with Crippen LogP contribution in [0.1, 0.15) is 17.5 Å². The normalized spacial score (nSPS) is 16.6. The third-order valence-electron chi connectivity index (χ3n) is 4.83. The molecule has 6 nitrogen and oxygen atoms in total. The van der Waals surface area contributed by atoms with Gasteiger partial charge in [-0.3, -0.25) is 14.3 Å². The van der Waals surface area contributed by atoms with Crippen LogP contribution in [0.3, 0.4) is 0 Å². The van der Waals surface area contributed by atoms with Crippen LogP contribution in [0.4, 0.5) is 4.39 Å². The van der Waals surface area contributed by atoms with Crippen LogP contribution < -0.4 is 16.6 Å². The molecule has 1 N–H and O–H groups in total. The molecule has 9 heteroatoms. The van der Waals surface area contributed by atoms with Crippen LogP contribution in [0, 0.1) is 5.82 Å². The minimum absolute atomic E-state index is 0. The Kier molecular flexibility index (Phi) is 7.22. The van der Waals surface area contributed by atoms with Gasteiger partial charge < -0.3 is 9.88 Å². The highest BCUT2D eigenvalue weighted by molar-refractivity contribution is 6.31. The number of rotatable bonds is 5. The van der Waals surface area contributed by atoms with Crippen molar-refractivity contribution in [2.24, 2.45) is 14.1 Å². The summed E-state index contributed by atoms with van der Waals surface area (Å²) < 4.78 is 15.9. The molecule has 3 rings (SSSR count). The van der Waals surface area contributed by atoms with Gasteiger partial charge in [0.05, 0.1) is 0 Å². The standard InChI is InChI=1S/C18H22ClFN4O2.ClH/c1-22-9-13(17(25)23(2)18(22)26)11-24(15-5-6-21-8-15)10-12-3-4-14(20)7-16(12)19;/h3-4,7,9,15,21H,5-6,8,10-11H2,1-2H3;1H. The molecule has 1 aliphatic heterocycles. The number of aromatic nitrogens is 2. The first-order chi connectivity index (χ1) is 12.4. The lowest BCUT2D eigenvalue weighted by Crippen LogP contribution is -2.42. The largest absolute Gasteiger partial charge is 0.330 e. The van der Waals surface area contributed by atoms with E-state index in [1.54, 1.807) is 19.3 Å². The van der Waals surface area contributed by atoms with Crippen LogP contribution in [-0.4, -0.2) is 33.2 Å². The van der Waals surface area contributed by atoms with Crippen molar-refractivity contribution in [1.82, 2.24) is 19.4 Å². The molecule has 0 bridgehead atoms. The summed E-state index contributed by atoms with van der Waals surface area (Å²) in [5.74, 6) is -0.375. The van der Waals surface area contributed by atoms with E-state index >= 15 is 0 Å².